The number of carbonyl (C=O) groups excluding carboxylic acids is 1. The van der Waals surface area contributed by atoms with Crippen LogP contribution in [0.15, 0.2) is 29.3 Å². The fourth-order valence-corrected chi connectivity index (χ4v) is 4.91. The number of pyridine rings is 1. The van der Waals surface area contributed by atoms with E-state index >= 15 is 0 Å². The molecule has 3 aliphatic heterocycles. The van der Waals surface area contributed by atoms with Gasteiger partial charge in [-0.25, -0.2) is 4.98 Å². The van der Waals surface area contributed by atoms with Crippen molar-refractivity contribution in [1.29, 1.82) is 0 Å². The molecule has 26 heavy (non-hydrogen) atoms. The van der Waals surface area contributed by atoms with Gasteiger partial charge in [-0.2, -0.15) is 0 Å². The molecule has 3 aliphatic rings. The van der Waals surface area contributed by atoms with Crippen molar-refractivity contribution in [2.45, 2.75) is 38.6 Å². The Hall–Kier alpha value is -1.99. The Morgan fingerprint density at radius 1 is 1.35 bits per heavy atom. The number of nitrogens with zero attached hydrogens (tertiary/aromatic N) is 3. The van der Waals surface area contributed by atoms with E-state index in [9.17, 15) is 9.59 Å². The molecule has 3 fully saturated rings. The molecular weight excluding hydrogens is 348 g/mol. The molecule has 0 radical (unpaired) electrons. The van der Waals surface area contributed by atoms with Crippen LogP contribution in [0.25, 0.3) is 5.13 Å². The van der Waals surface area contributed by atoms with Gasteiger partial charge in [0.05, 0.1) is 5.56 Å². The molecule has 7 heteroatoms. The molecule has 1 N–H and O–H groups in total. The SMILES string of the molecule is CCCc1cnc(-n2cc(C(=O)NC3CN4CCC3CC4)ccc2=O)s1. The highest BCUT2D eigenvalue weighted by Crippen LogP contribution is 2.27. The van der Waals surface area contributed by atoms with Crippen LogP contribution in [0.5, 0.6) is 0 Å². The van der Waals surface area contributed by atoms with Gasteiger partial charge in [-0.1, -0.05) is 13.3 Å². The molecule has 5 rings (SSSR count). The molecule has 0 aliphatic carbocycles. The molecule has 2 aromatic rings. The summed E-state index contributed by atoms with van der Waals surface area (Å²) < 4.78 is 1.48. The zero-order chi connectivity index (χ0) is 18.1. The topological polar surface area (TPSA) is 67.2 Å². The largest absolute Gasteiger partial charge is 0.348 e. The Labute approximate surface area is 156 Å². The van der Waals surface area contributed by atoms with Crippen molar-refractivity contribution in [2.75, 3.05) is 19.6 Å². The van der Waals surface area contributed by atoms with Gasteiger partial charge >= 0.3 is 0 Å². The van der Waals surface area contributed by atoms with E-state index in [1.165, 1.54) is 22.0 Å². The smallest absolute Gasteiger partial charge is 0.256 e. The highest BCUT2D eigenvalue weighted by atomic mass is 32.1. The molecule has 1 atom stereocenters. The Morgan fingerprint density at radius 2 is 2.15 bits per heavy atom. The normalized spacial score (nSPS) is 24.6. The van der Waals surface area contributed by atoms with Gasteiger partial charge in [-0.05, 0) is 44.3 Å². The fourth-order valence-electron chi connectivity index (χ4n) is 3.92. The lowest BCUT2D eigenvalue weighted by molar-refractivity contribution is 0.0620. The van der Waals surface area contributed by atoms with Crippen molar-refractivity contribution >= 4 is 17.2 Å². The highest BCUT2D eigenvalue weighted by Gasteiger charge is 2.35. The lowest BCUT2D eigenvalue weighted by atomic mass is 9.84. The minimum atomic E-state index is -0.165. The maximum absolute atomic E-state index is 12.7. The number of nitrogens with one attached hydrogen (secondary N) is 1. The van der Waals surface area contributed by atoms with Crippen LogP contribution in [0.2, 0.25) is 0 Å². The van der Waals surface area contributed by atoms with Gasteiger partial charge in [0, 0.05) is 35.9 Å². The minimum absolute atomic E-state index is 0.108. The minimum Gasteiger partial charge on any atom is -0.348 e. The molecule has 5 heterocycles. The first-order valence-corrected chi connectivity index (χ1v) is 10.2. The summed E-state index contributed by atoms with van der Waals surface area (Å²) in [5.41, 5.74) is 0.343. The summed E-state index contributed by atoms with van der Waals surface area (Å²) in [6, 6.07) is 3.27. The summed E-state index contributed by atoms with van der Waals surface area (Å²) in [6.45, 7) is 5.34. The average molecular weight is 372 g/mol. The number of carbonyl (C=O) groups is 1. The van der Waals surface area contributed by atoms with Crippen LogP contribution in [0, 0.1) is 5.92 Å². The van der Waals surface area contributed by atoms with Gasteiger partial charge in [-0.15, -0.1) is 11.3 Å². The van der Waals surface area contributed by atoms with Crippen LogP contribution >= 0.6 is 11.3 Å². The molecule has 3 saturated heterocycles. The van der Waals surface area contributed by atoms with Crippen molar-refractivity contribution in [1.82, 2.24) is 19.8 Å². The van der Waals surface area contributed by atoms with Crippen LogP contribution in [0.1, 0.15) is 41.4 Å². The van der Waals surface area contributed by atoms with E-state index in [0.717, 1.165) is 50.2 Å². The number of fused-ring (bicyclic) bond motifs is 3. The van der Waals surface area contributed by atoms with Crippen LogP contribution in [-0.2, 0) is 6.42 Å². The van der Waals surface area contributed by atoms with Gasteiger partial charge < -0.3 is 10.2 Å². The number of rotatable bonds is 5. The third-order valence-corrected chi connectivity index (χ3v) is 6.45. The average Bonchev–Trinajstić information content (AvgIpc) is 3.12. The Morgan fingerprint density at radius 3 is 2.85 bits per heavy atom. The van der Waals surface area contributed by atoms with Gasteiger partial charge in [-0.3, -0.25) is 14.2 Å². The predicted octanol–water partition coefficient (Wildman–Crippen LogP) is 2.07. The van der Waals surface area contributed by atoms with E-state index in [0.29, 0.717) is 16.6 Å². The summed E-state index contributed by atoms with van der Waals surface area (Å²) in [4.78, 5) is 32.9. The first-order valence-electron chi connectivity index (χ1n) is 9.35. The third-order valence-electron chi connectivity index (χ3n) is 5.39. The number of hydrogen-bond acceptors (Lipinski definition) is 5. The molecule has 1 unspecified atom stereocenters. The number of piperidine rings is 3. The highest BCUT2D eigenvalue weighted by molar-refractivity contribution is 7.14. The van der Waals surface area contributed by atoms with E-state index in [4.69, 9.17) is 0 Å². The van der Waals surface area contributed by atoms with E-state index in [1.54, 1.807) is 12.3 Å². The van der Waals surface area contributed by atoms with Crippen LogP contribution in [0.3, 0.4) is 0 Å². The second kappa shape index (κ2) is 7.32. The van der Waals surface area contributed by atoms with Crippen molar-refractivity contribution in [3.05, 3.63) is 45.3 Å². The predicted molar refractivity (Wildman–Crippen MR) is 102 cm³/mol. The maximum atomic E-state index is 12.7. The van der Waals surface area contributed by atoms with Gasteiger partial charge in [0.15, 0.2) is 5.13 Å². The summed E-state index contributed by atoms with van der Waals surface area (Å²) in [7, 11) is 0. The number of aryl methyl sites for hydroxylation is 1. The van der Waals surface area contributed by atoms with E-state index in [1.807, 2.05) is 6.20 Å². The molecule has 0 aromatic carbocycles. The number of thiazole rings is 1. The number of aromatic nitrogens is 2. The molecule has 0 saturated carbocycles. The van der Waals surface area contributed by atoms with Crippen LogP contribution in [0.4, 0.5) is 0 Å². The summed E-state index contributed by atoms with van der Waals surface area (Å²) in [5, 5.41) is 3.80. The zero-order valence-corrected chi connectivity index (χ0v) is 15.8. The molecule has 0 spiro atoms. The van der Waals surface area contributed by atoms with Gasteiger partial charge in [0.2, 0.25) is 0 Å². The third kappa shape index (κ3) is 3.46. The standard InChI is InChI=1S/C19H24N4O2S/c1-2-3-15-10-20-19(26-15)23-11-14(4-5-17(23)24)18(25)21-16-12-22-8-6-13(16)7-9-22/h4-5,10-11,13,16H,2-3,6-9,12H2,1H3,(H,21,25). The molecule has 2 aromatic heterocycles. The van der Waals surface area contributed by atoms with E-state index < -0.39 is 0 Å². The van der Waals surface area contributed by atoms with Crippen LogP contribution in [-0.4, -0.2) is 46.0 Å². The lowest BCUT2D eigenvalue weighted by Crippen LogP contribution is -2.57. The van der Waals surface area contributed by atoms with Gasteiger partial charge in [0.25, 0.3) is 11.5 Å². The molecule has 2 bridgehead atoms. The monoisotopic (exact) mass is 372 g/mol. The Kier molecular flexibility index (Phi) is 4.91. The lowest BCUT2D eigenvalue weighted by Gasteiger charge is -2.44. The van der Waals surface area contributed by atoms with Crippen molar-refractivity contribution in [2.24, 2.45) is 5.92 Å². The molecular formula is C19H24N4O2S. The molecule has 138 valence electrons. The van der Waals surface area contributed by atoms with E-state index in [-0.39, 0.29) is 17.5 Å². The Balaban J connectivity index is 1.53. The van der Waals surface area contributed by atoms with Gasteiger partial charge in [0.1, 0.15) is 0 Å². The second-order valence-corrected chi connectivity index (χ2v) is 8.30. The maximum Gasteiger partial charge on any atom is 0.256 e. The first-order chi connectivity index (χ1) is 12.6. The number of hydrogen-bond donors (Lipinski definition) is 1. The van der Waals surface area contributed by atoms with Crippen molar-refractivity contribution in [3.8, 4) is 5.13 Å². The first kappa shape index (κ1) is 17.4. The Bertz CT molecular complexity index is 851. The molecule has 1 amide bonds. The quantitative estimate of drug-likeness (QED) is 0.873. The summed E-state index contributed by atoms with van der Waals surface area (Å²) in [6.07, 6.45) is 7.74. The van der Waals surface area contributed by atoms with Crippen molar-refractivity contribution < 1.29 is 4.79 Å². The zero-order valence-electron chi connectivity index (χ0n) is 15.0. The fraction of sp³-hybridized carbons (Fsp3) is 0.526. The number of amides is 1. The summed E-state index contributed by atoms with van der Waals surface area (Å²) >= 11 is 1.50. The van der Waals surface area contributed by atoms with Crippen LogP contribution < -0.4 is 10.9 Å². The molecule has 6 nitrogen and oxygen atoms in total. The summed E-state index contributed by atoms with van der Waals surface area (Å²) in [5.74, 6) is 0.466. The van der Waals surface area contributed by atoms with E-state index in [2.05, 4.69) is 22.1 Å². The van der Waals surface area contributed by atoms with Crippen molar-refractivity contribution in [3.63, 3.8) is 0 Å². The second-order valence-electron chi connectivity index (χ2n) is 7.20.